The Hall–Kier alpha value is -1.43. The van der Waals surface area contributed by atoms with Crippen LogP contribution < -0.4 is 5.32 Å². The molecule has 19 heavy (non-hydrogen) atoms. The Balaban J connectivity index is 2.08. The maximum Gasteiger partial charge on any atom is 0.270 e. The molecule has 1 aliphatic carbocycles. The molecule has 1 atom stereocenters. The van der Waals surface area contributed by atoms with Crippen molar-refractivity contribution >= 4 is 27.5 Å². The molecular weight excluding hydrogens is 312 g/mol. The predicted molar refractivity (Wildman–Crippen MR) is 75.1 cm³/mol. The second kappa shape index (κ2) is 5.69. The van der Waals surface area contributed by atoms with E-state index < -0.39 is 4.92 Å². The van der Waals surface area contributed by atoms with Gasteiger partial charge in [-0.15, -0.1) is 0 Å². The molecule has 1 aromatic carbocycles. The number of hydrogen-bond acceptors (Lipinski definition) is 3. The third-order valence-electron chi connectivity index (χ3n) is 3.17. The number of nitrogens with zero attached hydrogens (tertiary/aromatic N) is 1. The minimum absolute atomic E-state index is 0.0804. The van der Waals surface area contributed by atoms with E-state index in [1.165, 1.54) is 31.0 Å². The molecule has 0 radical (unpaired) electrons. The number of nitro benzene ring substituents is 1. The van der Waals surface area contributed by atoms with Crippen LogP contribution in [0.1, 0.15) is 36.5 Å². The summed E-state index contributed by atoms with van der Waals surface area (Å²) in [5.74, 6) is 0.451. The lowest BCUT2D eigenvalue weighted by Gasteiger charge is -2.14. The molecule has 1 aliphatic rings. The third kappa shape index (κ3) is 3.76. The zero-order valence-corrected chi connectivity index (χ0v) is 12.1. The monoisotopic (exact) mass is 326 g/mol. The molecule has 1 amide bonds. The van der Waals surface area contributed by atoms with Gasteiger partial charge in [0.25, 0.3) is 11.6 Å². The Kier molecular flexibility index (Phi) is 4.19. The average molecular weight is 327 g/mol. The van der Waals surface area contributed by atoms with Crippen molar-refractivity contribution in [3.8, 4) is 0 Å². The Labute approximate surface area is 119 Å². The van der Waals surface area contributed by atoms with Crippen LogP contribution in [0.2, 0.25) is 0 Å². The minimum Gasteiger partial charge on any atom is -0.350 e. The summed E-state index contributed by atoms with van der Waals surface area (Å²) >= 11 is 3.25. The summed E-state index contributed by atoms with van der Waals surface area (Å²) in [6.45, 7) is 1.96. The minimum atomic E-state index is -0.503. The molecule has 1 N–H and O–H groups in total. The van der Waals surface area contributed by atoms with Gasteiger partial charge in [0, 0.05) is 22.6 Å². The van der Waals surface area contributed by atoms with E-state index in [0.717, 1.165) is 12.3 Å². The summed E-state index contributed by atoms with van der Waals surface area (Å²) in [6, 6.07) is 4.28. The van der Waals surface area contributed by atoms with E-state index in [1.807, 2.05) is 6.92 Å². The fourth-order valence-electron chi connectivity index (χ4n) is 2.01. The van der Waals surface area contributed by atoms with Crippen molar-refractivity contribution in [1.82, 2.24) is 5.32 Å². The molecule has 0 heterocycles. The molecule has 0 spiro atoms. The van der Waals surface area contributed by atoms with Crippen LogP contribution in [0.5, 0.6) is 0 Å². The third-order valence-corrected chi connectivity index (χ3v) is 3.86. The fourth-order valence-corrected chi connectivity index (χ4v) is 2.44. The Morgan fingerprint density at radius 3 is 2.84 bits per heavy atom. The van der Waals surface area contributed by atoms with Crippen molar-refractivity contribution in [2.24, 2.45) is 5.92 Å². The average Bonchev–Trinajstić information content (AvgIpc) is 3.12. The largest absolute Gasteiger partial charge is 0.350 e. The lowest BCUT2D eigenvalue weighted by molar-refractivity contribution is -0.384. The number of nitro groups is 1. The van der Waals surface area contributed by atoms with E-state index in [9.17, 15) is 14.9 Å². The number of rotatable bonds is 5. The molecule has 0 aromatic heterocycles. The summed E-state index contributed by atoms with van der Waals surface area (Å²) < 4.78 is 0.564. The van der Waals surface area contributed by atoms with Gasteiger partial charge in [-0.25, -0.2) is 0 Å². The number of carbonyl (C=O) groups excluding carboxylic acids is 1. The first kappa shape index (κ1) is 14.0. The molecule has 1 unspecified atom stereocenters. The zero-order valence-electron chi connectivity index (χ0n) is 10.6. The van der Waals surface area contributed by atoms with Crippen LogP contribution in [0.4, 0.5) is 5.69 Å². The number of benzene rings is 1. The van der Waals surface area contributed by atoms with Crippen molar-refractivity contribution in [1.29, 1.82) is 0 Å². The van der Waals surface area contributed by atoms with Crippen molar-refractivity contribution in [2.75, 3.05) is 0 Å². The maximum atomic E-state index is 12.1. The van der Waals surface area contributed by atoms with Gasteiger partial charge >= 0.3 is 0 Å². The highest BCUT2D eigenvalue weighted by Gasteiger charge is 2.25. The summed E-state index contributed by atoms with van der Waals surface area (Å²) in [6.07, 6.45) is 3.44. The number of hydrogen-bond donors (Lipinski definition) is 1. The summed E-state index contributed by atoms with van der Waals surface area (Å²) in [5.41, 5.74) is 0.222. The maximum absolute atomic E-state index is 12.1. The Bertz CT molecular complexity index is 515. The Morgan fingerprint density at radius 2 is 2.26 bits per heavy atom. The SMILES string of the molecule is CC(CC1CC1)NC(=O)c1cc([N+](=O)[O-])ccc1Br. The summed E-state index contributed by atoms with van der Waals surface area (Å²) in [7, 11) is 0. The predicted octanol–water partition coefficient (Wildman–Crippen LogP) is 3.28. The van der Waals surface area contributed by atoms with Gasteiger partial charge in [-0.1, -0.05) is 12.8 Å². The molecule has 0 saturated heterocycles. The molecule has 102 valence electrons. The van der Waals surface area contributed by atoms with Gasteiger partial charge in [0.05, 0.1) is 10.5 Å². The first-order valence-corrected chi connectivity index (χ1v) is 7.01. The molecule has 6 heteroatoms. The quantitative estimate of drug-likeness (QED) is 0.666. The number of carbonyl (C=O) groups is 1. The van der Waals surface area contributed by atoms with E-state index in [1.54, 1.807) is 0 Å². The zero-order chi connectivity index (χ0) is 14.0. The molecule has 0 aliphatic heterocycles. The molecule has 1 aromatic rings. The summed E-state index contributed by atoms with van der Waals surface area (Å²) in [5, 5.41) is 13.6. The first-order chi connectivity index (χ1) is 8.97. The second-order valence-electron chi connectivity index (χ2n) is 4.97. The standard InChI is InChI=1S/C13H15BrN2O3/c1-8(6-9-2-3-9)15-13(17)11-7-10(16(18)19)4-5-12(11)14/h4-5,7-9H,2-3,6H2,1H3,(H,15,17). The van der Waals surface area contributed by atoms with Gasteiger partial charge in [0.15, 0.2) is 0 Å². The van der Waals surface area contributed by atoms with E-state index in [-0.39, 0.29) is 17.6 Å². The lowest BCUT2D eigenvalue weighted by atomic mass is 10.1. The van der Waals surface area contributed by atoms with Crippen LogP contribution >= 0.6 is 15.9 Å². The van der Waals surface area contributed by atoms with Crippen molar-refractivity contribution in [3.05, 3.63) is 38.3 Å². The van der Waals surface area contributed by atoms with E-state index in [4.69, 9.17) is 0 Å². The number of amides is 1. The topological polar surface area (TPSA) is 72.2 Å². The smallest absolute Gasteiger partial charge is 0.270 e. The second-order valence-corrected chi connectivity index (χ2v) is 5.83. The fraction of sp³-hybridized carbons (Fsp3) is 0.462. The van der Waals surface area contributed by atoms with Crippen LogP contribution in [0, 0.1) is 16.0 Å². The highest BCUT2D eigenvalue weighted by atomic mass is 79.9. The molecular formula is C13H15BrN2O3. The Morgan fingerprint density at radius 1 is 1.58 bits per heavy atom. The van der Waals surface area contributed by atoms with Crippen LogP contribution in [-0.2, 0) is 0 Å². The highest BCUT2D eigenvalue weighted by Crippen LogP contribution is 2.33. The molecule has 1 saturated carbocycles. The number of nitrogens with one attached hydrogen (secondary N) is 1. The van der Waals surface area contributed by atoms with Gasteiger partial charge in [-0.2, -0.15) is 0 Å². The highest BCUT2D eigenvalue weighted by molar-refractivity contribution is 9.10. The lowest BCUT2D eigenvalue weighted by Crippen LogP contribution is -2.33. The van der Waals surface area contributed by atoms with Crippen LogP contribution in [0.25, 0.3) is 0 Å². The van der Waals surface area contributed by atoms with Crippen LogP contribution in [0.3, 0.4) is 0 Å². The van der Waals surface area contributed by atoms with E-state index >= 15 is 0 Å². The number of halogens is 1. The van der Waals surface area contributed by atoms with Gasteiger partial charge < -0.3 is 5.32 Å². The van der Waals surface area contributed by atoms with Gasteiger partial charge in [0.2, 0.25) is 0 Å². The van der Waals surface area contributed by atoms with Crippen LogP contribution in [0.15, 0.2) is 22.7 Å². The van der Waals surface area contributed by atoms with Gasteiger partial charge in [-0.3, -0.25) is 14.9 Å². The number of non-ortho nitro benzene ring substituents is 1. The van der Waals surface area contributed by atoms with E-state index in [0.29, 0.717) is 10.0 Å². The van der Waals surface area contributed by atoms with E-state index in [2.05, 4.69) is 21.2 Å². The van der Waals surface area contributed by atoms with Gasteiger partial charge in [0.1, 0.15) is 0 Å². The molecule has 5 nitrogen and oxygen atoms in total. The molecule has 2 rings (SSSR count). The normalized spacial score (nSPS) is 15.9. The van der Waals surface area contributed by atoms with Crippen molar-refractivity contribution in [3.63, 3.8) is 0 Å². The molecule has 0 bridgehead atoms. The van der Waals surface area contributed by atoms with Gasteiger partial charge in [-0.05, 0) is 41.3 Å². The summed E-state index contributed by atoms with van der Waals surface area (Å²) in [4.78, 5) is 22.3. The van der Waals surface area contributed by atoms with Crippen molar-refractivity contribution in [2.45, 2.75) is 32.2 Å². The molecule has 1 fully saturated rings. The van der Waals surface area contributed by atoms with Crippen molar-refractivity contribution < 1.29 is 9.72 Å². The van der Waals surface area contributed by atoms with Crippen LogP contribution in [-0.4, -0.2) is 16.9 Å². The first-order valence-electron chi connectivity index (χ1n) is 6.22.